The highest BCUT2D eigenvalue weighted by atomic mass is 16.5. The molecule has 3 aromatic rings. The molecule has 1 spiro atoms. The highest BCUT2D eigenvalue weighted by Gasteiger charge is 2.50. The van der Waals surface area contributed by atoms with Crippen molar-refractivity contribution in [1.82, 2.24) is 9.97 Å². The molecule has 1 aromatic carbocycles. The maximum Gasteiger partial charge on any atom is 0.257 e. The fraction of sp³-hybridized carbons (Fsp3) is 0.320. The topological polar surface area (TPSA) is 67.4 Å². The number of aromatic nitrogens is 2. The van der Waals surface area contributed by atoms with Crippen molar-refractivity contribution >= 4 is 17.4 Å². The number of nitrogens with zero attached hydrogens (tertiary/aromatic N) is 3. The average molecular weight is 415 g/mol. The summed E-state index contributed by atoms with van der Waals surface area (Å²) >= 11 is 0. The van der Waals surface area contributed by atoms with Crippen molar-refractivity contribution in [3.63, 3.8) is 0 Å². The number of hydrogen-bond donors (Lipinski definition) is 1. The predicted molar refractivity (Wildman–Crippen MR) is 121 cm³/mol. The number of carbonyl (C=O) groups is 1. The van der Waals surface area contributed by atoms with Crippen LogP contribution in [-0.4, -0.2) is 42.2 Å². The lowest BCUT2D eigenvalue weighted by atomic mass is 9.78. The van der Waals surface area contributed by atoms with Crippen molar-refractivity contribution in [2.45, 2.75) is 19.8 Å². The average Bonchev–Trinajstić information content (AvgIpc) is 2.73. The number of pyridine rings is 2. The van der Waals surface area contributed by atoms with E-state index in [2.05, 4.69) is 34.0 Å². The Labute approximate surface area is 182 Å². The number of rotatable bonds is 5. The second kappa shape index (κ2) is 7.78. The first-order valence-corrected chi connectivity index (χ1v) is 10.7. The molecule has 2 aliphatic heterocycles. The zero-order valence-corrected chi connectivity index (χ0v) is 17.8. The van der Waals surface area contributed by atoms with Crippen LogP contribution in [0.25, 0.3) is 11.1 Å². The first-order chi connectivity index (χ1) is 15.0. The van der Waals surface area contributed by atoms with Gasteiger partial charge in [-0.3, -0.25) is 9.78 Å². The van der Waals surface area contributed by atoms with E-state index in [4.69, 9.17) is 4.74 Å². The van der Waals surface area contributed by atoms with Gasteiger partial charge in [0.25, 0.3) is 5.91 Å². The Hall–Kier alpha value is -3.25. The molecule has 0 unspecified atom stereocenters. The van der Waals surface area contributed by atoms with Gasteiger partial charge in [0.2, 0.25) is 0 Å². The highest BCUT2D eigenvalue weighted by Crippen LogP contribution is 2.44. The summed E-state index contributed by atoms with van der Waals surface area (Å²) in [5.74, 6) is 0.941. The van der Waals surface area contributed by atoms with Crippen molar-refractivity contribution in [3.05, 3.63) is 72.2 Å². The highest BCUT2D eigenvalue weighted by molar-refractivity contribution is 6.08. The molecule has 1 amide bonds. The van der Waals surface area contributed by atoms with Gasteiger partial charge < -0.3 is 15.0 Å². The molecule has 0 aliphatic carbocycles. The van der Waals surface area contributed by atoms with Crippen LogP contribution in [0.2, 0.25) is 0 Å². The number of carbonyl (C=O) groups excluding carboxylic acids is 1. The lowest BCUT2D eigenvalue weighted by molar-refractivity contribution is -0.127. The van der Waals surface area contributed by atoms with Crippen LogP contribution >= 0.6 is 0 Å². The lowest BCUT2D eigenvalue weighted by Gasteiger charge is -2.55. The van der Waals surface area contributed by atoms with E-state index in [1.54, 1.807) is 6.20 Å². The minimum absolute atomic E-state index is 0.184. The fourth-order valence-corrected chi connectivity index (χ4v) is 4.23. The molecule has 2 fully saturated rings. The summed E-state index contributed by atoms with van der Waals surface area (Å²) in [6.45, 7) is 7.57. The summed E-state index contributed by atoms with van der Waals surface area (Å²) in [7, 11) is 0. The molecule has 158 valence electrons. The number of anilines is 2. The third-order valence-corrected chi connectivity index (χ3v) is 6.06. The van der Waals surface area contributed by atoms with Crippen molar-refractivity contribution in [3.8, 4) is 11.1 Å². The van der Waals surface area contributed by atoms with Crippen molar-refractivity contribution in [1.29, 1.82) is 0 Å². The Morgan fingerprint density at radius 3 is 2.45 bits per heavy atom. The van der Waals surface area contributed by atoms with E-state index in [1.807, 2.05) is 54.7 Å². The van der Waals surface area contributed by atoms with Crippen molar-refractivity contribution in [2.75, 3.05) is 36.5 Å². The van der Waals surface area contributed by atoms with Gasteiger partial charge in [0.05, 0.1) is 29.9 Å². The third-order valence-electron chi connectivity index (χ3n) is 6.06. The molecular formula is C25H26N4O2. The Balaban J connectivity index is 1.48. The summed E-state index contributed by atoms with van der Waals surface area (Å²) in [6.07, 6.45) is 3.46. The summed E-state index contributed by atoms with van der Waals surface area (Å²) in [6, 6.07) is 15.8. The fourth-order valence-electron chi connectivity index (χ4n) is 4.23. The second-order valence-electron chi connectivity index (χ2n) is 8.85. The Kier molecular flexibility index (Phi) is 4.94. The van der Waals surface area contributed by atoms with Crippen molar-refractivity contribution in [2.24, 2.45) is 5.41 Å². The van der Waals surface area contributed by atoms with Crippen LogP contribution in [-0.2, 0) is 4.74 Å². The third kappa shape index (κ3) is 3.68. The molecule has 31 heavy (non-hydrogen) atoms. The van der Waals surface area contributed by atoms with Crippen LogP contribution in [0.15, 0.2) is 60.9 Å². The molecule has 2 aliphatic rings. The predicted octanol–water partition coefficient (Wildman–Crippen LogP) is 4.36. The van der Waals surface area contributed by atoms with Crippen LogP contribution in [0.3, 0.4) is 0 Å². The number of nitrogens with one attached hydrogen (secondary N) is 1. The smallest absolute Gasteiger partial charge is 0.257 e. The Bertz CT molecular complexity index is 1080. The van der Waals surface area contributed by atoms with Crippen LogP contribution in [0.4, 0.5) is 11.5 Å². The molecule has 5 rings (SSSR count). The molecule has 2 saturated heterocycles. The van der Waals surface area contributed by atoms with E-state index in [1.165, 1.54) is 0 Å². The van der Waals surface area contributed by atoms with Crippen LogP contribution < -0.4 is 10.2 Å². The zero-order chi connectivity index (χ0) is 21.4. The maximum absolute atomic E-state index is 13.1. The van der Waals surface area contributed by atoms with E-state index in [0.717, 1.165) is 54.6 Å². The van der Waals surface area contributed by atoms with E-state index >= 15 is 0 Å². The van der Waals surface area contributed by atoms with E-state index in [0.29, 0.717) is 11.5 Å². The number of benzene rings is 1. The molecule has 0 radical (unpaired) electrons. The molecule has 2 aromatic heterocycles. The van der Waals surface area contributed by atoms with Gasteiger partial charge in [-0.2, -0.15) is 0 Å². The molecule has 6 heteroatoms. The van der Waals surface area contributed by atoms with Gasteiger partial charge in [0, 0.05) is 36.7 Å². The molecule has 1 N–H and O–H groups in total. The first-order valence-electron chi connectivity index (χ1n) is 10.7. The van der Waals surface area contributed by atoms with Gasteiger partial charge in [0.15, 0.2) is 5.82 Å². The Morgan fingerprint density at radius 1 is 1.06 bits per heavy atom. The molecule has 6 nitrogen and oxygen atoms in total. The van der Waals surface area contributed by atoms with Crippen molar-refractivity contribution < 1.29 is 9.53 Å². The van der Waals surface area contributed by atoms with Gasteiger partial charge in [-0.25, -0.2) is 4.98 Å². The van der Waals surface area contributed by atoms with Crippen LogP contribution in [0.5, 0.6) is 0 Å². The molecule has 0 bridgehead atoms. The van der Waals surface area contributed by atoms with Gasteiger partial charge in [-0.05, 0) is 29.7 Å². The number of ether oxygens (including phenoxy) is 1. The molecule has 4 heterocycles. The van der Waals surface area contributed by atoms with Gasteiger partial charge in [-0.1, -0.05) is 44.2 Å². The first kappa shape index (κ1) is 19.7. The molecule has 0 atom stereocenters. The minimum atomic E-state index is -0.184. The van der Waals surface area contributed by atoms with Gasteiger partial charge >= 0.3 is 0 Å². The number of amides is 1. The summed E-state index contributed by atoms with van der Waals surface area (Å²) < 4.78 is 5.41. The summed E-state index contributed by atoms with van der Waals surface area (Å²) in [4.78, 5) is 24.5. The SMILES string of the molecule is CC(C)c1ccc(C(=O)Nc2c(-c3ccccc3)ccnc2N2CC3(COC3)C2)cn1. The monoisotopic (exact) mass is 414 g/mol. The summed E-state index contributed by atoms with van der Waals surface area (Å²) in [5.41, 5.74) is 4.49. The molecule has 0 saturated carbocycles. The van der Waals surface area contributed by atoms with Gasteiger partial charge in [-0.15, -0.1) is 0 Å². The van der Waals surface area contributed by atoms with Gasteiger partial charge in [0.1, 0.15) is 0 Å². The van der Waals surface area contributed by atoms with Crippen LogP contribution in [0, 0.1) is 5.41 Å². The van der Waals surface area contributed by atoms with E-state index in [9.17, 15) is 4.79 Å². The molecular weight excluding hydrogens is 388 g/mol. The normalized spacial score (nSPS) is 16.7. The summed E-state index contributed by atoms with van der Waals surface area (Å²) in [5, 5.41) is 3.14. The standard InChI is InChI=1S/C25H26N4O2/c1-17(2)21-9-8-19(12-27-21)24(30)28-22-20(18-6-4-3-5-7-18)10-11-26-23(22)29-13-25(14-29)15-31-16-25/h3-12,17H,13-16H2,1-2H3,(H,28,30). The quantitative estimate of drug-likeness (QED) is 0.672. The zero-order valence-electron chi connectivity index (χ0n) is 17.8. The second-order valence-corrected chi connectivity index (χ2v) is 8.85. The largest absolute Gasteiger partial charge is 0.380 e. The lowest BCUT2D eigenvalue weighted by Crippen LogP contribution is -2.66. The Morgan fingerprint density at radius 2 is 1.84 bits per heavy atom. The van der Waals surface area contributed by atoms with Crippen LogP contribution in [0.1, 0.15) is 35.8 Å². The number of hydrogen-bond acceptors (Lipinski definition) is 5. The minimum Gasteiger partial charge on any atom is -0.380 e. The van der Waals surface area contributed by atoms with E-state index < -0.39 is 0 Å². The van der Waals surface area contributed by atoms with E-state index in [-0.39, 0.29) is 11.3 Å². The maximum atomic E-state index is 13.1.